The molecule has 2 spiro atoms. The highest BCUT2D eigenvalue weighted by Crippen LogP contribution is 2.66. The lowest BCUT2D eigenvalue weighted by Gasteiger charge is -2.50. The molecular formula is C20H28N4O3. The van der Waals surface area contributed by atoms with Crippen molar-refractivity contribution in [3.05, 3.63) is 17.7 Å². The first-order valence-corrected chi connectivity index (χ1v) is 10.2. The lowest BCUT2D eigenvalue weighted by atomic mass is 9.77. The number of ether oxygens (including phenoxy) is 1. The van der Waals surface area contributed by atoms with Gasteiger partial charge in [-0.2, -0.15) is 0 Å². The summed E-state index contributed by atoms with van der Waals surface area (Å²) in [4.78, 5) is 37.6. The van der Waals surface area contributed by atoms with Crippen molar-refractivity contribution in [2.24, 2.45) is 11.3 Å². The zero-order chi connectivity index (χ0) is 18.6. The van der Waals surface area contributed by atoms with E-state index >= 15 is 0 Å². The van der Waals surface area contributed by atoms with Crippen molar-refractivity contribution in [1.82, 2.24) is 19.8 Å². The maximum atomic E-state index is 13.0. The van der Waals surface area contributed by atoms with Gasteiger partial charge in [-0.15, -0.1) is 0 Å². The quantitative estimate of drug-likeness (QED) is 0.871. The molecule has 2 saturated carbocycles. The summed E-state index contributed by atoms with van der Waals surface area (Å²) in [6.07, 6.45) is 8.88. The first-order valence-electron chi connectivity index (χ1n) is 10.2. The van der Waals surface area contributed by atoms with Gasteiger partial charge in [-0.3, -0.25) is 9.59 Å². The number of fused-ring (bicyclic) bond motifs is 2. The Bertz CT molecular complexity index is 761. The number of likely N-dealkylation sites (tertiary alicyclic amines) is 1. The van der Waals surface area contributed by atoms with Crippen LogP contribution in [-0.4, -0.2) is 64.9 Å². The van der Waals surface area contributed by atoms with E-state index in [0.717, 1.165) is 37.1 Å². The summed E-state index contributed by atoms with van der Waals surface area (Å²) in [6.45, 7) is 2.18. The predicted octanol–water partition coefficient (Wildman–Crippen LogP) is 1.45. The molecule has 7 heteroatoms. The first-order chi connectivity index (χ1) is 13.1. The largest absolute Gasteiger partial charge is 0.375 e. The second kappa shape index (κ2) is 6.06. The van der Waals surface area contributed by atoms with Gasteiger partial charge in [0.25, 0.3) is 0 Å². The van der Waals surface area contributed by atoms with Crippen molar-refractivity contribution in [2.45, 2.75) is 50.5 Å². The summed E-state index contributed by atoms with van der Waals surface area (Å²) in [6, 6.07) is 0. The van der Waals surface area contributed by atoms with Crippen LogP contribution in [0.5, 0.6) is 0 Å². The minimum atomic E-state index is -0.405. The smallest absolute Gasteiger partial charge is 0.249 e. The number of methoxy groups -OCH3 is 1. The molecule has 0 bridgehead atoms. The van der Waals surface area contributed by atoms with Gasteiger partial charge in [0, 0.05) is 44.8 Å². The maximum Gasteiger partial charge on any atom is 0.249 e. The highest BCUT2D eigenvalue weighted by atomic mass is 16.5. The second-order valence-electron chi connectivity index (χ2n) is 8.79. The molecule has 3 heterocycles. The third-order valence-corrected chi connectivity index (χ3v) is 7.57. The van der Waals surface area contributed by atoms with E-state index in [1.165, 1.54) is 19.3 Å². The second-order valence-corrected chi connectivity index (χ2v) is 8.79. The Kier molecular flexibility index (Phi) is 3.86. The van der Waals surface area contributed by atoms with Crippen LogP contribution in [0.1, 0.15) is 49.9 Å². The van der Waals surface area contributed by atoms with Gasteiger partial charge in [0.2, 0.25) is 11.8 Å². The molecule has 1 atom stereocenters. The van der Waals surface area contributed by atoms with Gasteiger partial charge >= 0.3 is 0 Å². The molecule has 0 aromatic carbocycles. The highest BCUT2D eigenvalue weighted by Gasteiger charge is 2.62. The fourth-order valence-corrected chi connectivity index (χ4v) is 5.75. The fraction of sp³-hybridized carbons (Fsp3) is 0.750. The van der Waals surface area contributed by atoms with Crippen molar-refractivity contribution in [3.8, 4) is 0 Å². The summed E-state index contributed by atoms with van der Waals surface area (Å²) < 4.78 is 5.12. The molecule has 1 aromatic rings. The molecule has 146 valence electrons. The molecular weight excluding hydrogens is 344 g/mol. The molecule has 1 saturated heterocycles. The predicted molar refractivity (Wildman–Crippen MR) is 97.8 cm³/mol. The number of aromatic amines is 1. The summed E-state index contributed by atoms with van der Waals surface area (Å²) in [7, 11) is 1.56. The number of imidazole rings is 1. The standard InChI is InChI=1S/C20H28N4O3/c1-27-12-16(25)24-8-3-15-17(22-13-21-15)20(24)6-9-23(10-7-20)18(26)14-11-19(14)4-2-5-19/h13-14H,2-12H2,1H3,(H,21,22)/t14-/m0/s1. The average molecular weight is 372 g/mol. The number of hydrogen-bond donors (Lipinski definition) is 1. The van der Waals surface area contributed by atoms with Gasteiger partial charge in [-0.1, -0.05) is 6.42 Å². The lowest BCUT2D eigenvalue weighted by Crippen LogP contribution is -2.59. The Morgan fingerprint density at radius 3 is 2.67 bits per heavy atom. The molecule has 2 amide bonds. The van der Waals surface area contributed by atoms with Crippen molar-refractivity contribution in [2.75, 3.05) is 33.4 Å². The average Bonchev–Trinajstić information content (AvgIpc) is 3.24. The van der Waals surface area contributed by atoms with E-state index in [1.807, 2.05) is 9.80 Å². The molecule has 4 aliphatic rings. The molecule has 3 fully saturated rings. The summed E-state index contributed by atoms with van der Waals surface area (Å²) in [5.41, 5.74) is 2.09. The summed E-state index contributed by atoms with van der Waals surface area (Å²) in [5.74, 6) is 0.623. The zero-order valence-electron chi connectivity index (χ0n) is 16.0. The number of rotatable bonds is 3. The lowest BCUT2D eigenvalue weighted by molar-refractivity contribution is -0.148. The molecule has 1 N–H and O–H groups in total. The molecule has 7 nitrogen and oxygen atoms in total. The number of carbonyl (C=O) groups is 2. The van der Waals surface area contributed by atoms with Crippen LogP contribution in [0, 0.1) is 11.3 Å². The van der Waals surface area contributed by atoms with Gasteiger partial charge in [0.05, 0.1) is 17.6 Å². The van der Waals surface area contributed by atoms with Gasteiger partial charge in [0.1, 0.15) is 6.61 Å². The van der Waals surface area contributed by atoms with E-state index in [2.05, 4.69) is 9.97 Å². The molecule has 2 aliphatic heterocycles. The summed E-state index contributed by atoms with van der Waals surface area (Å²) in [5, 5.41) is 0. The van der Waals surface area contributed by atoms with Crippen LogP contribution in [0.3, 0.4) is 0 Å². The van der Waals surface area contributed by atoms with Gasteiger partial charge < -0.3 is 19.5 Å². The number of piperidine rings is 1. The van der Waals surface area contributed by atoms with Crippen LogP contribution in [0.4, 0.5) is 0 Å². The number of hydrogen-bond acceptors (Lipinski definition) is 4. The van der Waals surface area contributed by atoms with Gasteiger partial charge in [-0.25, -0.2) is 4.98 Å². The Hall–Kier alpha value is -1.89. The first kappa shape index (κ1) is 17.2. The Morgan fingerprint density at radius 1 is 1.26 bits per heavy atom. The number of nitrogens with zero attached hydrogens (tertiary/aromatic N) is 3. The molecule has 27 heavy (non-hydrogen) atoms. The molecule has 5 rings (SSSR count). The number of aromatic nitrogens is 2. The SMILES string of the molecule is COCC(=O)N1CCc2[nH]cnc2C12CCN(C(=O)[C@@H]1CC13CCC3)CC2. The molecule has 0 unspecified atom stereocenters. The zero-order valence-corrected chi connectivity index (χ0v) is 16.0. The number of amides is 2. The van der Waals surface area contributed by atoms with Crippen molar-refractivity contribution in [1.29, 1.82) is 0 Å². The number of H-pyrrole nitrogens is 1. The third-order valence-electron chi connectivity index (χ3n) is 7.57. The van der Waals surface area contributed by atoms with E-state index in [4.69, 9.17) is 4.74 Å². The number of carbonyl (C=O) groups excluding carboxylic acids is 2. The van der Waals surface area contributed by atoms with Crippen molar-refractivity contribution in [3.63, 3.8) is 0 Å². The summed E-state index contributed by atoms with van der Waals surface area (Å²) >= 11 is 0. The minimum Gasteiger partial charge on any atom is -0.375 e. The normalized spacial score (nSPS) is 27.4. The molecule has 1 aromatic heterocycles. The van der Waals surface area contributed by atoms with Gasteiger partial charge in [0.15, 0.2) is 0 Å². The van der Waals surface area contributed by atoms with E-state index in [1.54, 1.807) is 13.4 Å². The highest BCUT2D eigenvalue weighted by molar-refractivity contribution is 5.83. The molecule has 2 aliphatic carbocycles. The van der Waals surface area contributed by atoms with E-state index in [0.29, 0.717) is 31.0 Å². The molecule has 0 radical (unpaired) electrons. The van der Waals surface area contributed by atoms with Crippen LogP contribution < -0.4 is 0 Å². The van der Waals surface area contributed by atoms with Crippen LogP contribution in [0.25, 0.3) is 0 Å². The fourth-order valence-electron chi connectivity index (χ4n) is 5.75. The van der Waals surface area contributed by atoms with Gasteiger partial charge in [-0.05, 0) is 37.5 Å². The van der Waals surface area contributed by atoms with Crippen LogP contribution in [-0.2, 0) is 26.3 Å². The Morgan fingerprint density at radius 2 is 2.04 bits per heavy atom. The van der Waals surface area contributed by atoms with Crippen LogP contribution in [0.2, 0.25) is 0 Å². The van der Waals surface area contributed by atoms with E-state index in [9.17, 15) is 9.59 Å². The van der Waals surface area contributed by atoms with Crippen molar-refractivity contribution < 1.29 is 14.3 Å². The third kappa shape index (κ3) is 2.47. The van der Waals surface area contributed by atoms with Crippen LogP contribution in [0.15, 0.2) is 6.33 Å². The van der Waals surface area contributed by atoms with Crippen molar-refractivity contribution >= 4 is 11.8 Å². The number of nitrogens with one attached hydrogen (secondary N) is 1. The van der Waals surface area contributed by atoms with Crippen LogP contribution >= 0.6 is 0 Å². The monoisotopic (exact) mass is 372 g/mol. The topological polar surface area (TPSA) is 78.5 Å². The maximum absolute atomic E-state index is 13.0. The van der Waals surface area contributed by atoms with E-state index in [-0.39, 0.29) is 18.4 Å². The minimum absolute atomic E-state index is 0.0153. The Labute approximate surface area is 159 Å². The van der Waals surface area contributed by atoms with E-state index < -0.39 is 5.54 Å². The Balaban J connectivity index is 1.35.